The summed E-state index contributed by atoms with van der Waals surface area (Å²) in [5.41, 5.74) is 3.22. The number of fused-ring (bicyclic) bond motifs is 1. The zero-order valence-corrected chi connectivity index (χ0v) is 15.4. The summed E-state index contributed by atoms with van der Waals surface area (Å²) >= 11 is 5.48. The molecule has 0 aliphatic rings. The van der Waals surface area contributed by atoms with Crippen LogP contribution in [0.4, 0.5) is 17.1 Å². The van der Waals surface area contributed by atoms with Gasteiger partial charge in [0.2, 0.25) is 0 Å². The number of anilines is 3. The molecule has 0 heterocycles. The Kier molecular flexibility index (Phi) is 5.51. The van der Waals surface area contributed by atoms with E-state index in [9.17, 15) is 0 Å². The molecule has 0 spiro atoms. The highest BCUT2D eigenvalue weighted by Crippen LogP contribution is 2.23. The van der Waals surface area contributed by atoms with Gasteiger partial charge < -0.3 is 15.5 Å². The molecule has 0 unspecified atom stereocenters. The zero-order chi connectivity index (χ0) is 17.6. The van der Waals surface area contributed by atoms with E-state index in [0.29, 0.717) is 5.11 Å². The predicted molar refractivity (Wildman–Crippen MR) is 114 cm³/mol. The molecule has 4 heteroatoms. The third-order valence-corrected chi connectivity index (χ3v) is 4.50. The maximum Gasteiger partial charge on any atom is 0.175 e. The van der Waals surface area contributed by atoms with Gasteiger partial charge in [-0.15, -0.1) is 0 Å². The van der Waals surface area contributed by atoms with E-state index in [-0.39, 0.29) is 0 Å². The number of nitrogens with zero attached hydrogens (tertiary/aromatic N) is 1. The molecular formula is C21H23N3S. The second-order valence-electron chi connectivity index (χ2n) is 5.82. The van der Waals surface area contributed by atoms with Gasteiger partial charge in [0, 0.05) is 35.5 Å². The average Bonchev–Trinajstić information content (AvgIpc) is 2.64. The topological polar surface area (TPSA) is 27.3 Å². The van der Waals surface area contributed by atoms with E-state index in [0.717, 1.165) is 29.9 Å². The number of thiocarbonyl (C=S) groups is 1. The Labute approximate surface area is 154 Å². The van der Waals surface area contributed by atoms with E-state index < -0.39 is 0 Å². The highest BCUT2D eigenvalue weighted by atomic mass is 32.1. The van der Waals surface area contributed by atoms with Crippen molar-refractivity contribution in [2.75, 3.05) is 28.6 Å². The molecule has 0 radical (unpaired) electrons. The molecule has 0 atom stereocenters. The highest BCUT2D eigenvalue weighted by molar-refractivity contribution is 7.80. The summed E-state index contributed by atoms with van der Waals surface area (Å²) in [7, 11) is 0. The van der Waals surface area contributed by atoms with Crippen LogP contribution in [0.15, 0.2) is 66.7 Å². The van der Waals surface area contributed by atoms with Crippen molar-refractivity contribution in [3.8, 4) is 0 Å². The molecule has 0 aromatic heterocycles. The molecule has 3 aromatic rings. The number of nitrogens with one attached hydrogen (secondary N) is 2. The second kappa shape index (κ2) is 7.99. The van der Waals surface area contributed by atoms with Crippen LogP contribution in [0.5, 0.6) is 0 Å². The van der Waals surface area contributed by atoms with E-state index in [1.807, 2.05) is 24.3 Å². The van der Waals surface area contributed by atoms with Crippen molar-refractivity contribution >= 4 is 45.2 Å². The van der Waals surface area contributed by atoms with Crippen LogP contribution >= 0.6 is 12.2 Å². The molecule has 0 amide bonds. The monoisotopic (exact) mass is 349 g/mol. The molecule has 0 saturated carbocycles. The maximum atomic E-state index is 5.48. The zero-order valence-electron chi connectivity index (χ0n) is 14.6. The van der Waals surface area contributed by atoms with Crippen LogP contribution in [0.2, 0.25) is 0 Å². The first kappa shape index (κ1) is 17.2. The minimum atomic E-state index is 0.590. The van der Waals surface area contributed by atoms with Gasteiger partial charge in [-0.05, 0) is 61.8 Å². The maximum absolute atomic E-state index is 5.48. The van der Waals surface area contributed by atoms with E-state index in [2.05, 4.69) is 71.8 Å². The summed E-state index contributed by atoms with van der Waals surface area (Å²) in [4.78, 5) is 2.32. The predicted octanol–water partition coefficient (Wildman–Crippen LogP) is 5.49. The Morgan fingerprint density at radius 3 is 2.24 bits per heavy atom. The van der Waals surface area contributed by atoms with Gasteiger partial charge in [0.25, 0.3) is 0 Å². The highest BCUT2D eigenvalue weighted by Gasteiger charge is 2.05. The molecule has 3 aromatic carbocycles. The molecule has 0 aliphatic carbocycles. The van der Waals surface area contributed by atoms with Crippen LogP contribution in [0.1, 0.15) is 13.8 Å². The van der Waals surface area contributed by atoms with Crippen LogP contribution in [0, 0.1) is 0 Å². The fourth-order valence-electron chi connectivity index (χ4n) is 2.96. The van der Waals surface area contributed by atoms with Gasteiger partial charge >= 0.3 is 0 Å². The second-order valence-corrected chi connectivity index (χ2v) is 6.23. The van der Waals surface area contributed by atoms with Gasteiger partial charge in [-0.3, -0.25) is 0 Å². The molecule has 0 aliphatic heterocycles. The third-order valence-electron chi connectivity index (χ3n) is 4.29. The SMILES string of the molecule is CCN(CC)c1ccc(NC(=S)Nc2cccc3ccccc23)cc1. The lowest BCUT2D eigenvalue weighted by Crippen LogP contribution is -2.22. The fourth-order valence-corrected chi connectivity index (χ4v) is 3.19. The van der Waals surface area contributed by atoms with Crippen molar-refractivity contribution in [1.82, 2.24) is 0 Å². The number of benzene rings is 3. The Hall–Kier alpha value is -2.59. The number of rotatable bonds is 5. The molecule has 0 saturated heterocycles. The molecule has 3 nitrogen and oxygen atoms in total. The lowest BCUT2D eigenvalue weighted by atomic mass is 10.1. The average molecular weight is 350 g/mol. The van der Waals surface area contributed by atoms with Crippen molar-refractivity contribution in [2.45, 2.75) is 13.8 Å². The molecule has 0 bridgehead atoms. The van der Waals surface area contributed by atoms with Crippen molar-refractivity contribution in [3.05, 3.63) is 66.7 Å². The fraction of sp³-hybridized carbons (Fsp3) is 0.190. The van der Waals surface area contributed by atoms with E-state index in [4.69, 9.17) is 12.2 Å². The van der Waals surface area contributed by atoms with Crippen LogP contribution in [0.3, 0.4) is 0 Å². The summed E-state index contributed by atoms with van der Waals surface area (Å²) in [6.07, 6.45) is 0. The molecule has 3 rings (SSSR count). The summed E-state index contributed by atoms with van der Waals surface area (Å²) in [6.45, 7) is 6.34. The summed E-state index contributed by atoms with van der Waals surface area (Å²) < 4.78 is 0. The van der Waals surface area contributed by atoms with Crippen LogP contribution in [0.25, 0.3) is 10.8 Å². The van der Waals surface area contributed by atoms with Gasteiger partial charge in [-0.1, -0.05) is 36.4 Å². The number of hydrogen-bond donors (Lipinski definition) is 2. The van der Waals surface area contributed by atoms with E-state index in [1.165, 1.54) is 11.1 Å². The molecule has 128 valence electrons. The Balaban J connectivity index is 1.70. The Bertz CT molecular complexity index is 849. The van der Waals surface area contributed by atoms with Gasteiger partial charge in [0.1, 0.15) is 0 Å². The van der Waals surface area contributed by atoms with E-state index >= 15 is 0 Å². The summed E-state index contributed by atoms with van der Waals surface area (Å²) in [5.74, 6) is 0. The van der Waals surface area contributed by atoms with Gasteiger partial charge in [-0.25, -0.2) is 0 Å². The standard InChI is InChI=1S/C21H23N3S/c1-3-24(4-2)18-14-12-17(13-15-18)22-21(25)23-20-11-7-9-16-8-5-6-10-19(16)20/h5-15H,3-4H2,1-2H3,(H2,22,23,25). The summed E-state index contributed by atoms with van der Waals surface area (Å²) in [6, 6.07) is 22.8. The lowest BCUT2D eigenvalue weighted by molar-refractivity contribution is 0.866. The van der Waals surface area contributed by atoms with Gasteiger partial charge in [0.05, 0.1) is 0 Å². The number of hydrogen-bond acceptors (Lipinski definition) is 2. The molecular weight excluding hydrogens is 326 g/mol. The molecule has 0 fully saturated rings. The van der Waals surface area contributed by atoms with Crippen LogP contribution < -0.4 is 15.5 Å². The minimum absolute atomic E-state index is 0.590. The first-order valence-electron chi connectivity index (χ1n) is 8.62. The Morgan fingerprint density at radius 2 is 1.52 bits per heavy atom. The largest absolute Gasteiger partial charge is 0.372 e. The van der Waals surface area contributed by atoms with Gasteiger partial charge in [-0.2, -0.15) is 0 Å². The van der Waals surface area contributed by atoms with Crippen molar-refractivity contribution in [2.24, 2.45) is 0 Å². The first-order valence-corrected chi connectivity index (χ1v) is 9.03. The normalized spacial score (nSPS) is 10.5. The van der Waals surface area contributed by atoms with Crippen molar-refractivity contribution in [3.63, 3.8) is 0 Å². The van der Waals surface area contributed by atoms with Crippen LogP contribution in [-0.4, -0.2) is 18.2 Å². The van der Waals surface area contributed by atoms with E-state index in [1.54, 1.807) is 0 Å². The smallest absolute Gasteiger partial charge is 0.175 e. The lowest BCUT2D eigenvalue weighted by Gasteiger charge is -2.21. The molecule has 2 N–H and O–H groups in total. The Morgan fingerprint density at radius 1 is 0.840 bits per heavy atom. The minimum Gasteiger partial charge on any atom is -0.372 e. The van der Waals surface area contributed by atoms with Crippen molar-refractivity contribution < 1.29 is 0 Å². The molecule has 25 heavy (non-hydrogen) atoms. The quantitative estimate of drug-likeness (QED) is 0.595. The van der Waals surface area contributed by atoms with Crippen LogP contribution in [-0.2, 0) is 0 Å². The van der Waals surface area contributed by atoms with Crippen molar-refractivity contribution in [1.29, 1.82) is 0 Å². The first-order chi connectivity index (χ1) is 12.2. The third kappa shape index (κ3) is 4.09. The summed E-state index contributed by atoms with van der Waals surface area (Å²) in [5, 5.41) is 9.50. The van der Waals surface area contributed by atoms with Gasteiger partial charge in [0.15, 0.2) is 5.11 Å².